The Hall–Kier alpha value is -2.00. The van der Waals surface area contributed by atoms with Gasteiger partial charge in [-0.2, -0.15) is 0 Å². The molecular weight excluding hydrogens is 238 g/mol. The molecule has 0 spiro atoms. The highest BCUT2D eigenvalue weighted by Crippen LogP contribution is 2.38. The Morgan fingerprint density at radius 3 is 2.68 bits per heavy atom. The minimum absolute atomic E-state index is 0.198. The average Bonchev–Trinajstić information content (AvgIpc) is 2.46. The van der Waals surface area contributed by atoms with Crippen LogP contribution in [0.15, 0.2) is 42.5 Å². The molecule has 0 fully saturated rings. The van der Waals surface area contributed by atoms with E-state index in [4.69, 9.17) is 15.2 Å². The van der Waals surface area contributed by atoms with E-state index in [0.29, 0.717) is 13.2 Å². The van der Waals surface area contributed by atoms with E-state index in [0.717, 1.165) is 22.6 Å². The van der Waals surface area contributed by atoms with Crippen molar-refractivity contribution < 1.29 is 9.47 Å². The summed E-state index contributed by atoms with van der Waals surface area (Å²) >= 11 is 0. The van der Waals surface area contributed by atoms with Gasteiger partial charge in [-0.25, -0.2) is 0 Å². The predicted octanol–water partition coefficient (Wildman–Crippen LogP) is 2.81. The van der Waals surface area contributed by atoms with Crippen LogP contribution in [0.25, 0.3) is 0 Å². The van der Waals surface area contributed by atoms with Gasteiger partial charge in [0, 0.05) is 5.56 Å². The Balaban J connectivity index is 2.02. The molecule has 0 radical (unpaired) electrons. The number of rotatable bonds is 2. The van der Waals surface area contributed by atoms with Crippen LogP contribution in [0.4, 0.5) is 0 Å². The lowest BCUT2D eigenvalue weighted by Gasteiger charge is -2.23. The number of hydrogen-bond donors (Lipinski definition) is 1. The molecule has 0 aliphatic carbocycles. The first-order valence-electron chi connectivity index (χ1n) is 6.46. The maximum Gasteiger partial charge on any atom is 0.166 e. The maximum atomic E-state index is 6.37. The van der Waals surface area contributed by atoms with E-state index in [-0.39, 0.29) is 6.04 Å². The van der Waals surface area contributed by atoms with Crippen molar-refractivity contribution in [3.05, 3.63) is 59.2 Å². The first kappa shape index (κ1) is 12.1. The van der Waals surface area contributed by atoms with Crippen molar-refractivity contribution in [3.63, 3.8) is 0 Å². The zero-order valence-electron chi connectivity index (χ0n) is 10.9. The maximum absolute atomic E-state index is 6.37. The van der Waals surface area contributed by atoms with Crippen LogP contribution in [0.2, 0.25) is 0 Å². The summed E-state index contributed by atoms with van der Waals surface area (Å²) in [6, 6.07) is 13.9. The highest BCUT2D eigenvalue weighted by molar-refractivity contribution is 5.51. The molecule has 0 saturated carbocycles. The second-order valence-corrected chi connectivity index (χ2v) is 4.76. The van der Waals surface area contributed by atoms with Crippen LogP contribution in [0.1, 0.15) is 22.7 Å². The summed E-state index contributed by atoms with van der Waals surface area (Å²) in [6.45, 7) is 3.23. The zero-order valence-corrected chi connectivity index (χ0v) is 10.9. The summed E-state index contributed by atoms with van der Waals surface area (Å²) in [5.41, 5.74) is 9.64. The van der Waals surface area contributed by atoms with Gasteiger partial charge in [0.1, 0.15) is 13.2 Å². The molecule has 1 aliphatic heterocycles. The van der Waals surface area contributed by atoms with E-state index < -0.39 is 0 Å². The van der Waals surface area contributed by atoms with Crippen molar-refractivity contribution in [2.75, 3.05) is 13.2 Å². The van der Waals surface area contributed by atoms with Gasteiger partial charge < -0.3 is 15.2 Å². The van der Waals surface area contributed by atoms with Gasteiger partial charge in [-0.15, -0.1) is 0 Å². The molecule has 1 atom stereocenters. The van der Waals surface area contributed by atoms with Crippen molar-refractivity contribution in [1.82, 2.24) is 0 Å². The summed E-state index contributed by atoms with van der Waals surface area (Å²) in [4.78, 5) is 0. The van der Waals surface area contributed by atoms with E-state index in [2.05, 4.69) is 19.1 Å². The second-order valence-electron chi connectivity index (χ2n) is 4.76. The SMILES string of the molecule is Cc1cccc(C(N)c2cccc3c2OCCO3)c1. The van der Waals surface area contributed by atoms with Gasteiger partial charge in [0.25, 0.3) is 0 Å². The Labute approximate surface area is 113 Å². The molecule has 19 heavy (non-hydrogen) atoms. The van der Waals surface area contributed by atoms with Gasteiger partial charge >= 0.3 is 0 Å². The molecule has 3 rings (SSSR count). The summed E-state index contributed by atoms with van der Waals surface area (Å²) in [7, 11) is 0. The van der Waals surface area contributed by atoms with Crippen molar-refractivity contribution in [3.8, 4) is 11.5 Å². The van der Waals surface area contributed by atoms with Crippen molar-refractivity contribution in [2.45, 2.75) is 13.0 Å². The molecule has 1 heterocycles. The second kappa shape index (κ2) is 4.94. The average molecular weight is 255 g/mol. The van der Waals surface area contributed by atoms with Gasteiger partial charge in [-0.05, 0) is 18.6 Å². The third kappa shape index (κ3) is 2.29. The molecule has 0 amide bonds. The first-order valence-corrected chi connectivity index (χ1v) is 6.46. The van der Waals surface area contributed by atoms with E-state index in [1.54, 1.807) is 0 Å². The van der Waals surface area contributed by atoms with E-state index in [1.165, 1.54) is 5.56 Å². The van der Waals surface area contributed by atoms with E-state index >= 15 is 0 Å². The molecule has 3 nitrogen and oxygen atoms in total. The van der Waals surface area contributed by atoms with Crippen molar-refractivity contribution >= 4 is 0 Å². The number of para-hydroxylation sites is 1. The van der Waals surface area contributed by atoms with Gasteiger partial charge in [0.05, 0.1) is 6.04 Å². The van der Waals surface area contributed by atoms with Gasteiger partial charge in [0.15, 0.2) is 11.5 Å². The smallest absolute Gasteiger partial charge is 0.166 e. The van der Waals surface area contributed by atoms with Gasteiger partial charge in [0.2, 0.25) is 0 Å². The summed E-state index contributed by atoms with van der Waals surface area (Å²) in [5.74, 6) is 1.56. The number of benzene rings is 2. The molecule has 0 bridgehead atoms. The van der Waals surface area contributed by atoms with Crippen molar-refractivity contribution in [2.24, 2.45) is 5.73 Å². The number of aryl methyl sites for hydroxylation is 1. The molecule has 0 saturated heterocycles. The fourth-order valence-corrected chi connectivity index (χ4v) is 2.38. The molecule has 3 heteroatoms. The summed E-state index contributed by atoms with van der Waals surface area (Å²) in [5, 5.41) is 0. The molecule has 1 aliphatic rings. The Bertz CT molecular complexity index is 595. The van der Waals surface area contributed by atoms with Crippen molar-refractivity contribution in [1.29, 1.82) is 0 Å². The molecule has 2 aromatic carbocycles. The monoisotopic (exact) mass is 255 g/mol. The topological polar surface area (TPSA) is 44.5 Å². The number of fused-ring (bicyclic) bond motifs is 1. The van der Waals surface area contributed by atoms with Crippen LogP contribution >= 0.6 is 0 Å². The quantitative estimate of drug-likeness (QED) is 0.897. The molecule has 2 aromatic rings. The van der Waals surface area contributed by atoms with Crippen LogP contribution in [0, 0.1) is 6.92 Å². The number of nitrogens with two attached hydrogens (primary N) is 1. The Morgan fingerprint density at radius 2 is 1.84 bits per heavy atom. The lowest BCUT2D eigenvalue weighted by molar-refractivity contribution is 0.169. The zero-order chi connectivity index (χ0) is 13.2. The normalized spacial score (nSPS) is 15.1. The lowest BCUT2D eigenvalue weighted by Crippen LogP contribution is -2.20. The standard InChI is InChI=1S/C16H17NO2/c1-11-4-2-5-12(10-11)15(17)13-6-3-7-14-16(13)19-9-8-18-14/h2-7,10,15H,8-9,17H2,1H3. The van der Waals surface area contributed by atoms with Crippen LogP contribution in [-0.4, -0.2) is 13.2 Å². The highest BCUT2D eigenvalue weighted by Gasteiger charge is 2.20. The van der Waals surface area contributed by atoms with Gasteiger partial charge in [-0.3, -0.25) is 0 Å². The fraction of sp³-hybridized carbons (Fsp3) is 0.250. The highest BCUT2D eigenvalue weighted by atomic mass is 16.6. The Kier molecular flexibility index (Phi) is 3.13. The number of ether oxygens (including phenoxy) is 2. The van der Waals surface area contributed by atoms with Crippen LogP contribution in [0.5, 0.6) is 11.5 Å². The third-order valence-corrected chi connectivity index (χ3v) is 3.33. The molecule has 1 unspecified atom stereocenters. The van der Waals surface area contributed by atoms with Gasteiger partial charge in [-0.1, -0.05) is 42.0 Å². The fourth-order valence-electron chi connectivity index (χ4n) is 2.38. The largest absolute Gasteiger partial charge is 0.486 e. The Morgan fingerprint density at radius 1 is 1.05 bits per heavy atom. The first-order chi connectivity index (χ1) is 9.25. The van der Waals surface area contributed by atoms with Crippen LogP contribution in [-0.2, 0) is 0 Å². The summed E-state index contributed by atoms with van der Waals surface area (Å²) in [6.07, 6.45) is 0. The minimum atomic E-state index is -0.198. The predicted molar refractivity (Wildman–Crippen MR) is 74.6 cm³/mol. The van der Waals surface area contributed by atoms with Crippen LogP contribution < -0.4 is 15.2 Å². The molecule has 98 valence electrons. The molecule has 2 N–H and O–H groups in total. The van der Waals surface area contributed by atoms with E-state index in [1.807, 2.05) is 30.3 Å². The number of hydrogen-bond acceptors (Lipinski definition) is 3. The third-order valence-electron chi connectivity index (χ3n) is 3.33. The van der Waals surface area contributed by atoms with E-state index in [9.17, 15) is 0 Å². The lowest BCUT2D eigenvalue weighted by atomic mass is 9.97. The molecule has 0 aromatic heterocycles. The summed E-state index contributed by atoms with van der Waals surface area (Å²) < 4.78 is 11.3. The molecular formula is C16H17NO2. The van der Waals surface area contributed by atoms with Crippen LogP contribution in [0.3, 0.4) is 0 Å². The minimum Gasteiger partial charge on any atom is -0.486 e.